The monoisotopic (exact) mass is 325 g/mol. The average molecular weight is 325 g/mol. The number of hydrogen-bond acceptors (Lipinski definition) is 6. The van der Waals surface area contributed by atoms with Crippen LogP contribution in [0.4, 0.5) is 10.2 Å². The van der Waals surface area contributed by atoms with Crippen LogP contribution in [0.3, 0.4) is 0 Å². The second kappa shape index (κ2) is 5.85. The van der Waals surface area contributed by atoms with Gasteiger partial charge in [0.05, 0.1) is 4.92 Å². The second-order valence-corrected chi connectivity index (χ2v) is 5.68. The van der Waals surface area contributed by atoms with Crippen molar-refractivity contribution in [3.05, 3.63) is 64.5 Å². The number of amides is 1. The van der Waals surface area contributed by atoms with Crippen molar-refractivity contribution < 1.29 is 22.6 Å². The molecule has 0 spiro atoms. The van der Waals surface area contributed by atoms with Gasteiger partial charge in [-0.15, -0.1) is 0 Å². The zero-order valence-electron chi connectivity index (χ0n) is 10.8. The van der Waals surface area contributed by atoms with E-state index < -0.39 is 41.7 Å². The Morgan fingerprint density at radius 1 is 1.18 bits per heavy atom. The van der Waals surface area contributed by atoms with E-state index in [2.05, 4.69) is 4.98 Å². The van der Waals surface area contributed by atoms with Gasteiger partial charge >= 0.3 is 15.9 Å². The molecule has 0 aliphatic rings. The van der Waals surface area contributed by atoms with Crippen molar-refractivity contribution >= 4 is 21.6 Å². The molecule has 2 aromatic rings. The maximum Gasteiger partial charge on any atom is 0.315 e. The Morgan fingerprint density at radius 3 is 2.41 bits per heavy atom. The Morgan fingerprint density at radius 2 is 1.82 bits per heavy atom. The maximum atomic E-state index is 14.0. The third-order valence-corrected chi connectivity index (χ3v) is 4.08. The Bertz CT molecular complexity index is 826. The minimum absolute atomic E-state index is 0.452. The summed E-state index contributed by atoms with van der Waals surface area (Å²) in [5, 5.41) is 10.8. The summed E-state index contributed by atoms with van der Waals surface area (Å²) in [5.41, 5.74) is -1.29. The lowest BCUT2D eigenvalue weighted by atomic mass is 10.3. The zero-order chi connectivity index (χ0) is 16.3. The van der Waals surface area contributed by atoms with Gasteiger partial charge in [-0.25, -0.2) is 0 Å². The Labute approximate surface area is 124 Å². The third kappa shape index (κ3) is 2.76. The molecule has 0 unspecified atom stereocenters. The number of nitrogens with zero attached hydrogens (tertiary/aromatic N) is 3. The van der Waals surface area contributed by atoms with Crippen molar-refractivity contribution in [2.75, 3.05) is 0 Å². The molecule has 0 N–H and O–H groups in total. The van der Waals surface area contributed by atoms with E-state index in [-0.39, 0.29) is 0 Å². The molecule has 0 radical (unpaired) electrons. The lowest BCUT2D eigenvalue weighted by Crippen LogP contribution is -2.30. The van der Waals surface area contributed by atoms with Gasteiger partial charge in [-0.3, -0.25) is 19.9 Å². The van der Waals surface area contributed by atoms with E-state index in [0.29, 0.717) is 0 Å². The molecule has 1 amide bonds. The largest absolute Gasteiger partial charge is 0.315 e. The van der Waals surface area contributed by atoms with Gasteiger partial charge in [0.25, 0.3) is 5.69 Å². The maximum absolute atomic E-state index is 14.0. The Balaban J connectivity index is 2.47. The summed E-state index contributed by atoms with van der Waals surface area (Å²) in [6.07, 6.45) is 1.18. The summed E-state index contributed by atoms with van der Waals surface area (Å²) < 4.78 is 37.1. The molecular formula is C12H8FN3O5S. The molecule has 2 rings (SSSR count). The zero-order valence-corrected chi connectivity index (χ0v) is 11.6. The molecule has 0 aliphatic carbocycles. The molecule has 1 aromatic carbocycles. The summed E-state index contributed by atoms with van der Waals surface area (Å²) in [5.74, 6) is -1.54. The van der Waals surface area contributed by atoms with Crippen LogP contribution in [0.2, 0.25) is 0 Å². The first-order valence-electron chi connectivity index (χ1n) is 5.75. The van der Waals surface area contributed by atoms with Crippen LogP contribution in [-0.4, -0.2) is 28.8 Å². The molecule has 22 heavy (non-hydrogen) atoms. The van der Waals surface area contributed by atoms with Crippen molar-refractivity contribution in [3.8, 4) is 0 Å². The molecule has 114 valence electrons. The number of rotatable bonds is 4. The SMILES string of the molecule is O=C(c1ccccn1)N(F)S(=O)(=O)c1ccccc1[N+](=O)[O-]. The molecule has 0 atom stereocenters. The van der Waals surface area contributed by atoms with Crippen molar-refractivity contribution in [1.82, 2.24) is 9.51 Å². The van der Waals surface area contributed by atoms with Crippen molar-refractivity contribution in [2.45, 2.75) is 4.90 Å². The number of para-hydroxylation sites is 1. The van der Waals surface area contributed by atoms with Gasteiger partial charge in [0.1, 0.15) is 5.69 Å². The van der Waals surface area contributed by atoms with E-state index in [9.17, 15) is 27.8 Å². The predicted molar refractivity (Wildman–Crippen MR) is 71.8 cm³/mol. The van der Waals surface area contributed by atoms with Gasteiger partial charge < -0.3 is 0 Å². The standard InChI is InChI=1S/C12H8FN3O5S/c13-15(12(17)9-5-3-4-8-14-9)22(20,21)11-7-2-1-6-10(11)16(18)19/h1-8H. The number of hydrogen-bond donors (Lipinski definition) is 0. The van der Waals surface area contributed by atoms with Crippen molar-refractivity contribution in [1.29, 1.82) is 0 Å². The first kappa shape index (κ1) is 15.5. The fourth-order valence-corrected chi connectivity index (χ4v) is 2.74. The van der Waals surface area contributed by atoms with E-state index in [1.807, 2.05) is 0 Å². The lowest BCUT2D eigenvalue weighted by Gasteiger charge is -2.12. The fraction of sp³-hybridized carbons (Fsp3) is 0. The van der Waals surface area contributed by atoms with Crippen LogP contribution in [0.1, 0.15) is 10.5 Å². The fourth-order valence-electron chi connectivity index (χ4n) is 1.60. The van der Waals surface area contributed by atoms with Gasteiger partial charge in [0.2, 0.25) is 0 Å². The number of halogens is 1. The average Bonchev–Trinajstić information content (AvgIpc) is 2.54. The number of sulfonamides is 1. The highest BCUT2D eigenvalue weighted by molar-refractivity contribution is 7.89. The molecule has 0 bridgehead atoms. The van der Waals surface area contributed by atoms with E-state index >= 15 is 0 Å². The second-order valence-electron chi connectivity index (χ2n) is 3.96. The predicted octanol–water partition coefficient (Wildman–Crippen LogP) is 1.71. The molecule has 0 fully saturated rings. The Kier molecular flexibility index (Phi) is 4.13. The van der Waals surface area contributed by atoms with Crippen LogP contribution in [0, 0.1) is 10.1 Å². The number of carbonyl (C=O) groups is 1. The van der Waals surface area contributed by atoms with E-state index in [1.54, 1.807) is 0 Å². The first-order chi connectivity index (χ1) is 10.4. The lowest BCUT2D eigenvalue weighted by molar-refractivity contribution is -0.387. The van der Waals surface area contributed by atoms with Crippen LogP contribution >= 0.6 is 0 Å². The number of carbonyl (C=O) groups excluding carboxylic acids is 1. The number of pyridine rings is 1. The van der Waals surface area contributed by atoms with Crippen molar-refractivity contribution in [3.63, 3.8) is 0 Å². The third-order valence-electron chi connectivity index (χ3n) is 2.59. The molecule has 1 heterocycles. The number of nitro benzene ring substituents is 1. The summed E-state index contributed by atoms with van der Waals surface area (Å²) in [6, 6.07) is 8.07. The van der Waals surface area contributed by atoms with Crippen LogP contribution in [0.15, 0.2) is 53.6 Å². The summed E-state index contributed by atoms with van der Waals surface area (Å²) in [4.78, 5) is 24.2. The number of aromatic nitrogens is 1. The molecule has 8 nitrogen and oxygen atoms in total. The quantitative estimate of drug-likeness (QED) is 0.480. The van der Waals surface area contributed by atoms with Gasteiger partial charge in [-0.1, -0.05) is 27.2 Å². The molecule has 1 aromatic heterocycles. The van der Waals surface area contributed by atoms with Gasteiger partial charge in [0.15, 0.2) is 4.90 Å². The molecule has 0 saturated heterocycles. The van der Waals surface area contributed by atoms with Crippen LogP contribution < -0.4 is 0 Å². The first-order valence-corrected chi connectivity index (χ1v) is 7.19. The highest BCUT2D eigenvalue weighted by Gasteiger charge is 2.36. The van der Waals surface area contributed by atoms with Crippen molar-refractivity contribution in [2.24, 2.45) is 0 Å². The minimum Gasteiger partial charge on any atom is -0.263 e. The minimum atomic E-state index is -5.03. The highest BCUT2D eigenvalue weighted by atomic mass is 32.2. The number of nitro groups is 1. The summed E-state index contributed by atoms with van der Waals surface area (Å²) in [6.45, 7) is 0. The van der Waals surface area contributed by atoms with Crippen LogP contribution in [0.5, 0.6) is 0 Å². The van der Waals surface area contributed by atoms with Gasteiger partial charge in [-0.05, 0) is 18.2 Å². The van der Waals surface area contributed by atoms with Gasteiger partial charge in [0, 0.05) is 12.3 Å². The molecule has 10 heteroatoms. The smallest absolute Gasteiger partial charge is 0.263 e. The van der Waals surface area contributed by atoms with E-state index in [1.165, 1.54) is 30.5 Å². The van der Waals surface area contributed by atoms with E-state index in [0.717, 1.165) is 18.2 Å². The van der Waals surface area contributed by atoms with E-state index in [4.69, 9.17) is 0 Å². The van der Waals surface area contributed by atoms with Crippen LogP contribution in [-0.2, 0) is 10.0 Å². The summed E-state index contributed by atoms with van der Waals surface area (Å²) >= 11 is 0. The normalized spacial score (nSPS) is 11.0. The molecule has 0 aliphatic heterocycles. The summed E-state index contributed by atoms with van der Waals surface area (Å²) in [7, 11) is -5.03. The topological polar surface area (TPSA) is 110 Å². The molecule has 0 saturated carbocycles. The molecular weight excluding hydrogens is 317 g/mol. The van der Waals surface area contributed by atoms with Gasteiger partial charge in [-0.2, -0.15) is 8.42 Å². The Hall–Kier alpha value is -2.88. The number of benzene rings is 1. The van der Waals surface area contributed by atoms with Crippen LogP contribution in [0.25, 0.3) is 0 Å². The highest BCUT2D eigenvalue weighted by Crippen LogP contribution is 2.27.